The van der Waals surface area contributed by atoms with Crippen molar-refractivity contribution in [2.45, 2.75) is 64.9 Å². The number of hydrazone groups is 1. The Morgan fingerprint density at radius 1 is 1.26 bits per heavy atom. The monoisotopic (exact) mass is 388 g/mol. The zero-order chi connectivity index (χ0) is 19.0. The summed E-state index contributed by atoms with van der Waals surface area (Å²) >= 11 is 5.98. The number of nitrogens with zero attached hydrogens (tertiary/aromatic N) is 1. The van der Waals surface area contributed by atoms with Crippen LogP contribution in [0.5, 0.6) is 5.75 Å². The third-order valence-electron chi connectivity index (χ3n) is 6.76. The maximum atomic E-state index is 12.5. The van der Waals surface area contributed by atoms with Crippen LogP contribution in [-0.2, 0) is 4.79 Å². The summed E-state index contributed by atoms with van der Waals surface area (Å²) in [4.78, 5) is 12.5. The van der Waals surface area contributed by atoms with E-state index in [2.05, 4.69) is 17.5 Å². The first-order valence-electron chi connectivity index (χ1n) is 10.3. The van der Waals surface area contributed by atoms with E-state index in [4.69, 9.17) is 16.3 Å². The van der Waals surface area contributed by atoms with E-state index in [0.29, 0.717) is 10.8 Å². The maximum Gasteiger partial charge on any atom is 0.280 e. The summed E-state index contributed by atoms with van der Waals surface area (Å²) in [5.74, 6) is 2.98. The largest absolute Gasteiger partial charge is 0.481 e. The van der Waals surface area contributed by atoms with Crippen LogP contribution in [-0.4, -0.2) is 17.7 Å². The fourth-order valence-corrected chi connectivity index (χ4v) is 6.23. The molecule has 4 saturated carbocycles. The predicted octanol–water partition coefficient (Wildman–Crippen LogP) is 5.21. The first-order valence-corrected chi connectivity index (χ1v) is 10.6. The predicted molar refractivity (Wildman–Crippen MR) is 108 cm³/mol. The van der Waals surface area contributed by atoms with E-state index in [1.807, 2.05) is 6.07 Å². The molecule has 5 heteroatoms. The minimum atomic E-state index is -0.623. The molecule has 0 aromatic heterocycles. The van der Waals surface area contributed by atoms with Crippen molar-refractivity contribution in [1.82, 2.24) is 5.43 Å². The third kappa shape index (κ3) is 3.87. The van der Waals surface area contributed by atoms with E-state index in [9.17, 15) is 4.79 Å². The van der Waals surface area contributed by atoms with Gasteiger partial charge < -0.3 is 4.74 Å². The van der Waals surface area contributed by atoms with E-state index in [1.54, 1.807) is 25.1 Å². The second-order valence-corrected chi connectivity index (χ2v) is 9.24. The number of benzene rings is 1. The Labute approximate surface area is 166 Å². The summed E-state index contributed by atoms with van der Waals surface area (Å²) in [6, 6.07) is 7.10. The van der Waals surface area contributed by atoms with E-state index in [-0.39, 0.29) is 11.3 Å². The Hall–Kier alpha value is -1.55. The fourth-order valence-electron chi connectivity index (χ4n) is 6.05. The lowest BCUT2D eigenvalue weighted by molar-refractivity contribution is -0.127. The molecule has 4 aliphatic carbocycles. The molecule has 5 rings (SSSR count). The summed E-state index contributed by atoms with van der Waals surface area (Å²) in [6.45, 7) is 3.90. The summed E-state index contributed by atoms with van der Waals surface area (Å²) in [6.07, 6.45) is 8.28. The van der Waals surface area contributed by atoms with Crippen LogP contribution in [0.4, 0.5) is 0 Å². The Morgan fingerprint density at radius 2 is 1.89 bits per heavy atom. The number of hydrogen-bond donors (Lipinski definition) is 1. The van der Waals surface area contributed by atoms with Crippen molar-refractivity contribution in [3.05, 3.63) is 29.3 Å². The van der Waals surface area contributed by atoms with Crippen LogP contribution in [0, 0.1) is 23.2 Å². The quantitative estimate of drug-likeness (QED) is 0.537. The van der Waals surface area contributed by atoms with Crippen LogP contribution in [0.15, 0.2) is 29.4 Å². The van der Waals surface area contributed by atoms with Gasteiger partial charge in [0.15, 0.2) is 6.10 Å². The van der Waals surface area contributed by atoms with Crippen molar-refractivity contribution in [3.8, 4) is 5.75 Å². The molecule has 27 heavy (non-hydrogen) atoms. The molecule has 1 aromatic carbocycles. The highest BCUT2D eigenvalue weighted by Gasteiger charge is 2.52. The van der Waals surface area contributed by atoms with Crippen LogP contribution < -0.4 is 10.2 Å². The van der Waals surface area contributed by atoms with Gasteiger partial charge in [0, 0.05) is 16.1 Å². The number of rotatable bonds is 6. The molecular weight excluding hydrogens is 360 g/mol. The van der Waals surface area contributed by atoms with Gasteiger partial charge in [-0.3, -0.25) is 4.79 Å². The number of halogens is 1. The maximum absolute atomic E-state index is 12.5. The smallest absolute Gasteiger partial charge is 0.280 e. The van der Waals surface area contributed by atoms with E-state index < -0.39 is 6.10 Å². The highest BCUT2D eigenvalue weighted by Crippen LogP contribution is 2.60. The molecule has 1 aromatic rings. The topological polar surface area (TPSA) is 50.7 Å². The molecule has 0 saturated heterocycles. The van der Waals surface area contributed by atoms with Crippen molar-refractivity contribution < 1.29 is 9.53 Å². The Balaban J connectivity index is 1.42. The van der Waals surface area contributed by atoms with Gasteiger partial charge in [-0.15, -0.1) is 0 Å². The van der Waals surface area contributed by atoms with Gasteiger partial charge in [0.1, 0.15) is 5.75 Å². The average Bonchev–Trinajstić information content (AvgIpc) is 2.60. The normalized spacial score (nSPS) is 33.0. The zero-order valence-electron chi connectivity index (χ0n) is 16.2. The van der Waals surface area contributed by atoms with Gasteiger partial charge in [-0.25, -0.2) is 5.43 Å². The molecule has 1 unspecified atom stereocenters. The van der Waals surface area contributed by atoms with E-state index in [0.717, 1.165) is 24.2 Å². The number of carbonyl (C=O) groups excluding carboxylic acids is 1. The minimum Gasteiger partial charge on any atom is -0.481 e. The lowest BCUT2D eigenvalue weighted by Gasteiger charge is -2.57. The Kier molecular flexibility index (Phi) is 5.19. The van der Waals surface area contributed by atoms with Crippen molar-refractivity contribution in [3.63, 3.8) is 0 Å². The molecule has 0 heterocycles. The second-order valence-electron chi connectivity index (χ2n) is 8.80. The van der Waals surface area contributed by atoms with Crippen LogP contribution in [0.25, 0.3) is 0 Å². The zero-order valence-corrected chi connectivity index (χ0v) is 17.0. The van der Waals surface area contributed by atoms with Gasteiger partial charge in [0.2, 0.25) is 0 Å². The van der Waals surface area contributed by atoms with Gasteiger partial charge in [0.05, 0.1) is 0 Å². The van der Waals surface area contributed by atoms with Crippen LogP contribution in [0.1, 0.15) is 58.8 Å². The number of hydrogen-bond acceptors (Lipinski definition) is 3. The molecule has 1 amide bonds. The highest BCUT2D eigenvalue weighted by molar-refractivity contribution is 6.30. The summed E-state index contributed by atoms with van der Waals surface area (Å²) in [5.41, 5.74) is 4.20. The van der Waals surface area contributed by atoms with Gasteiger partial charge in [0.25, 0.3) is 5.91 Å². The Morgan fingerprint density at radius 3 is 2.44 bits per heavy atom. The number of nitrogens with one attached hydrogen (secondary N) is 1. The summed E-state index contributed by atoms with van der Waals surface area (Å²) < 4.78 is 5.71. The van der Waals surface area contributed by atoms with Crippen molar-refractivity contribution in [2.24, 2.45) is 28.3 Å². The van der Waals surface area contributed by atoms with Gasteiger partial charge in [-0.1, -0.05) is 24.6 Å². The van der Waals surface area contributed by atoms with Crippen LogP contribution in [0.2, 0.25) is 5.02 Å². The number of ether oxygens (including phenoxy) is 1. The highest BCUT2D eigenvalue weighted by atomic mass is 35.5. The molecule has 1 atom stereocenters. The lowest BCUT2D eigenvalue weighted by Crippen LogP contribution is -2.50. The van der Waals surface area contributed by atoms with Gasteiger partial charge in [-0.2, -0.15) is 5.10 Å². The van der Waals surface area contributed by atoms with Crippen molar-refractivity contribution in [2.75, 3.05) is 0 Å². The molecule has 4 bridgehead atoms. The molecule has 1 N–H and O–H groups in total. The summed E-state index contributed by atoms with van der Waals surface area (Å²) in [5, 5.41) is 5.21. The van der Waals surface area contributed by atoms with E-state index >= 15 is 0 Å². The van der Waals surface area contributed by atoms with Crippen molar-refractivity contribution in [1.29, 1.82) is 0 Å². The molecule has 4 fully saturated rings. The fraction of sp³-hybridized carbons (Fsp3) is 0.636. The van der Waals surface area contributed by atoms with Gasteiger partial charge in [-0.05, 0) is 87.8 Å². The second kappa shape index (κ2) is 7.46. The Bertz CT molecular complexity index is 710. The SMILES string of the molecule is CCC(=NNC(=O)C(C)Oc1cccc(Cl)c1)C12CC3CC(CC(C3)C1)C2. The summed E-state index contributed by atoms with van der Waals surface area (Å²) in [7, 11) is 0. The van der Waals surface area contributed by atoms with E-state index in [1.165, 1.54) is 44.2 Å². The van der Waals surface area contributed by atoms with Crippen LogP contribution >= 0.6 is 11.6 Å². The molecular formula is C22H29ClN2O2. The average molecular weight is 389 g/mol. The van der Waals surface area contributed by atoms with Crippen LogP contribution in [0.3, 0.4) is 0 Å². The molecule has 0 spiro atoms. The van der Waals surface area contributed by atoms with Gasteiger partial charge >= 0.3 is 0 Å². The first-order chi connectivity index (χ1) is 13.0. The lowest BCUT2D eigenvalue weighted by atomic mass is 9.48. The minimum absolute atomic E-state index is 0.217. The molecule has 4 aliphatic rings. The molecule has 146 valence electrons. The number of amides is 1. The molecule has 0 aliphatic heterocycles. The first kappa shape index (κ1) is 18.8. The molecule has 0 radical (unpaired) electrons. The number of carbonyl (C=O) groups is 1. The third-order valence-corrected chi connectivity index (χ3v) is 7.00. The standard InChI is InChI=1S/C22H29ClN2O2/c1-3-20(22-11-15-7-16(12-22)9-17(8-15)13-22)24-25-21(26)14(2)27-19-6-4-5-18(23)10-19/h4-6,10,14-17H,3,7-9,11-13H2,1-2H3,(H,25,26). The van der Waals surface area contributed by atoms with Crippen molar-refractivity contribution >= 4 is 23.2 Å². The molecule has 4 nitrogen and oxygen atoms in total.